The molecule has 0 heterocycles. The summed E-state index contributed by atoms with van der Waals surface area (Å²) in [4.78, 5) is 14.9. The van der Waals surface area contributed by atoms with E-state index < -0.39 is 0 Å². The van der Waals surface area contributed by atoms with E-state index in [9.17, 15) is 4.79 Å². The number of methoxy groups -OCH3 is 1. The average Bonchev–Trinajstić information content (AvgIpc) is 2.54. The quantitative estimate of drug-likeness (QED) is 0.798. The number of hydrogen-bond donors (Lipinski definition) is 2. The van der Waals surface area contributed by atoms with Gasteiger partial charge in [0.2, 0.25) is 0 Å². The van der Waals surface area contributed by atoms with Crippen LogP contribution in [-0.2, 0) is 0 Å². The van der Waals surface area contributed by atoms with Gasteiger partial charge in [0.15, 0.2) is 0 Å². The third-order valence-electron chi connectivity index (χ3n) is 5.16. The lowest BCUT2D eigenvalue weighted by Gasteiger charge is -2.45. The molecule has 1 aromatic carbocycles. The number of nitrogens with one attached hydrogen (secondary N) is 1. The van der Waals surface area contributed by atoms with Gasteiger partial charge in [0, 0.05) is 18.2 Å². The van der Waals surface area contributed by atoms with Gasteiger partial charge in [0.25, 0.3) is 5.91 Å². The predicted molar refractivity (Wildman–Crippen MR) is 98.8 cm³/mol. The number of nitrogen functional groups attached to an aromatic ring is 1. The molecular weight excluding hydrogens is 326 g/mol. The van der Waals surface area contributed by atoms with E-state index in [1.807, 2.05) is 0 Å². The van der Waals surface area contributed by atoms with Gasteiger partial charge in [-0.15, -0.1) is 0 Å². The Morgan fingerprint density at radius 1 is 1.50 bits per heavy atom. The smallest absolute Gasteiger partial charge is 0.255 e. The number of benzene rings is 1. The topological polar surface area (TPSA) is 67.6 Å². The van der Waals surface area contributed by atoms with Crippen molar-refractivity contribution in [1.29, 1.82) is 0 Å². The summed E-state index contributed by atoms with van der Waals surface area (Å²) < 4.78 is 5.27. The molecule has 1 aliphatic carbocycles. The molecule has 0 radical (unpaired) electrons. The number of nitrogens with zero attached hydrogens (tertiary/aromatic N) is 1. The van der Waals surface area contributed by atoms with E-state index in [-0.39, 0.29) is 11.4 Å². The van der Waals surface area contributed by atoms with Gasteiger partial charge >= 0.3 is 0 Å². The standard InChI is InChI=1S/C18H28ClN3O2/c1-12-6-5-7-18(10-12,22(2)3)11-21-17(23)13-8-14(19)15(20)9-16(13)24-4/h8-9,12H,5-7,10-11,20H2,1-4H3,(H,21,23). The maximum absolute atomic E-state index is 12.7. The largest absolute Gasteiger partial charge is 0.496 e. The first-order valence-corrected chi connectivity index (χ1v) is 8.75. The minimum Gasteiger partial charge on any atom is -0.496 e. The second-order valence-electron chi connectivity index (χ2n) is 7.08. The summed E-state index contributed by atoms with van der Waals surface area (Å²) in [6.45, 7) is 2.89. The molecule has 0 saturated heterocycles. The first-order chi connectivity index (χ1) is 11.3. The van der Waals surface area contributed by atoms with Crippen LogP contribution in [0.2, 0.25) is 5.02 Å². The molecule has 134 valence electrons. The molecule has 6 heteroatoms. The summed E-state index contributed by atoms with van der Waals surface area (Å²) in [7, 11) is 5.69. The summed E-state index contributed by atoms with van der Waals surface area (Å²) in [5, 5.41) is 3.43. The number of anilines is 1. The molecule has 3 N–H and O–H groups in total. The number of likely N-dealkylation sites (N-methyl/N-ethyl adjacent to an activating group) is 1. The fourth-order valence-electron chi connectivity index (χ4n) is 3.61. The highest BCUT2D eigenvalue weighted by molar-refractivity contribution is 6.33. The van der Waals surface area contributed by atoms with E-state index >= 15 is 0 Å². The Bertz CT molecular complexity index is 606. The SMILES string of the molecule is COc1cc(N)c(Cl)cc1C(=O)NCC1(N(C)C)CCCC(C)C1. The molecule has 1 fully saturated rings. The lowest BCUT2D eigenvalue weighted by molar-refractivity contribution is 0.0674. The Kier molecular flexibility index (Phi) is 5.99. The molecule has 1 aromatic rings. The Hall–Kier alpha value is -1.46. The summed E-state index contributed by atoms with van der Waals surface area (Å²) >= 11 is 6.06. The molecule has 24 heavy (non-hydrogen) atoms. The fraction of sp³-hybridized carbons (Fsp3) is 0.611. The van der Waals surface area contributed by atoms with Crippen LogP contribution < -0.4 is 15.8 Å². The molecule has 1 saturated carbocycles. The Labute approximate surface area is 149 Å². The molecule has 1 aliphatic rings. The van der Waals surface area contributed by atoms with Crippen LogP contribution in [-0.4, -0.2) is 44.1 Å². The zero-order valence-electron chi connectivity index (χ0n) is 15.0. The van der Waals surface area contributed by atoms with Gasteiger partial charge in [0.1, 0.15) is 5.75 Å². The van der Waals surface area contributed by atoms with E-state index in [0.717, 1.165) is 12.8 Å². The molecule has 1 amide bonds. The van der Waals surface area contributed by atoms with E-state index in [0.29, 0.717) is 34.5 Å². The fourth-order valence-corrected chi connectivity index (χ4v) is 3.78. The summed E-state index contributed by atoms with van der Waals surface area (Å²) in [5.41, 5.74) is 6.59. The second kappa shape index (κ2) is 7.62. The van der Waals surface area contributed by atoms with Crippen molar-refractivity contribution in [1.82, 2.24) is 10.2 Å². The lowest BCUT2D eigenvalue weighted by Crippen LogP contribution is -2.55. The highest BCUT2D eigenvalue weighted by Gasteiger charge is 2.37. The van der Waals surface area contributed by atoms with E-state index in [4.69, 9.17) is 22.1 Å². The third-order valence-corrected chi connectivity index (χ3v) is 5.48. The van der Waals surface area contributed by atoms with Gasteiger partial charge in [-0.3, -0.25) is 4.79 Å². The van der Waals surface area contributed by atoms with Crippen molar-refractivity contribution < 1.29 is 9.53 Å². The molecule has 0 aromatic heterocycles. The Balaban J connectivity index is 2.16. The molecule has 0 spiro atoms. The van der Waals surface area contributed by atoms with Crippen LogP contribution in [0.5, 0.6) is 5.75 Å². The Morgan fingerprint density at radius 2 is 2.21 bits per heavy atom. The van der Waals surface area contributed by atoms with E-state index in [2.05, 4.69) is 31.2 Å². The van der Waals surface area contributed by atoms with Gasteiger partial charge in [-0.05, 0) is 38.9 Å². The number of nitrogens with two attached hydrogens (primary N) is 1. The maximum atomic E-state index is 12.7. The molecular formula is C18H28ClN3O2. The highest BCUT2D eigenvalue weighted by Crippen LogP contribution is 2.35. The van der Waals surface area contributed by atoms with Crippen LogP contribution in [0.3, 0.4) is 0 Å². The number of carbonyl (C=O) groups excluding carboxylic acids is 1. The van der Waals surface area contributed by atoms with Crippen LogP contribution in [0.25, 0.3) is 0 Å². The van der Waals surface area contributed by atoms with E-state index in [1.54, 1.807) is 12.1 Å². The van der Waals surface area contributed by atoms with Crippen molar-refractivity contribution in [2.45, 2.75) is 38.1 Å². The summed E-state index contributed by atoms with van der Waals surface area (Å²) in [6, 6.07) is 3.15. The highest BCUT2D eigenvalue weighted by atomic mass is 35.5. The first kappa shape index (κ1) is 18.9. The van der Waals surface area contributed by atoms with Gasteiger partial charge in [-0.1, -0.05) is 31.4 Å². The number of rotatable bonds is 5. The number of hydrogen-bond acceptors (Lipinski definition) is 4. The lowest BCUT2D eigenvalue weighted by atomic mass is 9.75. The maximum Gasteiger partial charge on any atom is 0.255 e. The zero-order chi connectivity index (χ0) is 17.9. The third kappa shape index (κ3) is 3.95. The Morgan fingerprint density at radius 3 is 2.79 bits per heavy atom. The number of ether oxygens (including phenoxy) is 1. The zero-order valence-corrected chi connectivity index (χ0v) is 15.7. The van der Waals surface area contributed by atoms with Crippen LogP contribution in [0.15, 0.2) is 12.1 Å². The van der Waals surface area contributed by atoms with Gasteiger partial charge in [0.05, 0.1) is 23.4 Å². The summed E-state index contributed by atoms with van der Waals surface area (Å²) in [6.07, 6.45) is 4.61. The van der Waals surface area contributed by atoms with E-state index in [1.165, 1.54) is 20.0 Å². The minimum atomic E-state index is -0.187. The van der Waals surface area contributed by atoms with Crippen LogP contribution >= 0.6 is 11.6 Å². The van der Waals surface area contributed by atoms with Crippen molar-refractivity contribution in [3.8, 4) is 5.75 Å². The molecule has 2 atom stereocenters. The van der Waals surface area contributed by atoms with Gasteiger partial charge < -0.3 is 20.7 Å². The predicted octanol–water partition coefficient (Wildman–Crippen LogP) is 3.17. The molecule has 2 unspecified atom stereocenters. The number of halogens is 1. The first-order valence-electron chi connectivity index (χ1n) is 8.37. The molecule has 5 nitrogen and oxygen atoms in total. The van der Waals surface area contributed by atoms with Crippen molar-refractivity contribution in [3.63, 3.8) is 0 Å². The van der Waals surface area contributed by atoms with Gasteiger partial charge in [-0.25, -0.2) is 0 Å². The van der Waals surface area contributed by atoms with Crippen LogP contribution in [0.1, 0.15) is 43.0 Å². The van der Waals surface area contributed by atoms with Crippen LogP contribution in [0.4, 0.5) is 5.69 Å². The number of amides is 1. The molecule has 0 bridgehead atoms. The van der Waals surface area contributed by atoms with Gasteiger partial charge in [-0.2, -0.15) is 0 Å². The molecule has 0 aliphatic heterocycles. The summed E-state index contributed by atoms with van der Waals surface area (Å²) in [5.74, 6) is 0.914. The molecule has 2 rings (SSSR count). The van der Waals surface area contributed by atoms with Crippen molar-refractivity contribution >= 4 is 23.2 Å². The normalized spacial score (nSPS) is 24.0. The van der Waals surface area contributed by atoms with Crippen LogP contribution in [0, 0.1) is 5.92 Å². The van der Waals surface area contributed by atoms with Crippen molar-refractivity contribution in [2.24, 2.45) is 5.92 Å². The van der Waals surface area contributed by atoms with Crippen molar-refractivity contribution in [2.75, 3.05) is 33.5 Å². The number of carbonyl (C=O) groups is 1. The minimum absolute atomic E-state index is 0.00182. The monoisotopic (exact) mass is 353 g/mol. The average molecular weight is 354 g/mol. The second-order valence-corrected chi connectivity index (χ2v) is 7.48. The van der Waals surface area contributed by atoms with Crippen molar-refractivity contribution in [3.05, 3.63) is 22.7 Å².